The largest absolute Gasteiger partial charge is 0.428 e. The molecule has 1 saturated heterocycles. The van der Waals surface area contributed by atoms with Gasteiger partial charge in [-0.3, -0.25) is 9.69 Å². The molecule has 0 unspecified atom stereocenters. The summed E-state index contributed by atoms with van der Waals surface area (Å²) in [6.45, 7) is 5.85. The van der Waals surface area contributed by atoms with Crippen molar-refractivity contribution in [1.82, 2.24) is 4.90 Å². The SMILES string of the molecule is Cc1ccc2c(c1)[C@@]1(c3ccccc3)OC(=O)[C@H](C(C)C)N1C2=O. The van der Waals surface area contributed by atoms with E-state index in [2.05, 4.69) is 0 Å². The van der Waals surface area contributed by atoms with Crippen molar-refractivity contribution in [2.45, 2.75) is 32.5 Å². The first kappa shape index (κ1) is 14.9. The third kappa shape index (κ3) is 1.74. The van der Waals surface area contributed by atoms with Gasteiger partial charge in [0.25, 0.3) is 5.91 Å². The van der Waals surface area contributed by atoms with Gasteiger partial charge in [-0.15, -0.1) is 0 Å². The number of hydrogen-bond acceptors (Lipinski definition) is 3. The topological polar surface area (TPSA) is 46.6 Å². The van der Waals surface area contributed by atoms with Crippen LogP contribution in [0, 0.1) is 12.8 Å². The molecule has 0 spiro atoms. The number of esters is 1. The summed E-state index contributed by atoms with van der Waals surface area (Å²) in [7, 11) is 0. The minimum Gasteiger partial charge on any atom is -0.428 e. The number of rotatable bonds is 2. The molecule has 0 N–H and O–H groups in total. The highest BCUT2D eigenvalue weighted by molar-refractivity contribution is 6.04. The molecule has 1 amide bonds. The maximum absolute atomic E-state index is 13.1. The lowest BCUT2D eigenvalue weighted by atomic mass is 9.92. The second kappa shape index (κ2) is 4.94. The molecule has 2 aromatic carbocycles. The molecule has 0 aliphatic carbocycles. The fourth-order valence-corrected chi connectivity index (χ4v) is 3.85. The van der Waals surface area contributed by atoms with Crippen LogP contribution in [-0.4, -0.2) is 22.8 Å². The van der Waals surface area contributed by atoms with E-state index in [1.807, 2.05) is 69.3 Å². The lowest BCUT2D eigenvalue weighted by Crippen LogP contribution is -2.46. The van der Waals surface area contributed by atoms with E-state index in [1.165, 1.54) is 0 Å². The van der Waals surface area contributed by atoms with Crippen molar-refractivity contribution in [3.8, 4) is 0 Å². The Bertz CT molecular complexity index is 843. The van der Waals surface area contributed by atoms with Gasteiger partial charge < -0.3 is 4.74 Å². The zero-order valence-electron chi connectivity index (χ0n) is 13.9. The third-order valence-electron chi connectivity index (χ3n) is 4.89. The van der Waals surface area contributed by atoms with Gasteiger partial charge in [0.05, 0.1) is 0 Å². The zero-order chi connectivity index (χ0) is 17.1. The van der Waals surface area contributed by atoms with Crippen LogP contribution in [0.25, 0.3) is 0 Å². The van der Waals surface area contributed by atoms with Gasteiger partial charge in [-0.2, -0.15) is 0 Å². The lowest BCUT2D eigenvalue weighted by molar-refractivity contribution is -0.149. The summed E-state index contributed by atoms with van der Waals surface area (Å²) in [6, 6.07) is 14.7. The molecule has 1 fully saturated rings. The van der Waals surface area contributed by atoms with Crippen molar-refractivity contribution in [2.75, 3.05) is 0 Å². The second-order valence-corrected chi connectivity index (χ2v) is 6.84. The van der Waals surface area contributed by atoms with Crippen molar-refractivity contribution < 1.29 is 14.3 Å². The van der Waals surface area contributed by atoms with Crippen LogP contribution in [0.5, 0.6) is 0 Å². The van der Waals surface area contributed by atoms with E-state index >= 15 is 0 Å². The van der Waals surface area contributed by atoms with Crippen LogP contribution in [0.1, 0.15) is 40.9 Å². The molecule has 122 valence electrons. The number of fused-ring (bicyclic) bond motifs is 3. The van der Waals surface area contributed by atoms with E-state index in [4.69, 9.17) is 4.74 Å². The first-order valence-electron chi connectivity index (χ1n) is 8.20. The van der Waals surface area contributed by atoms with Gasteiger partial charge in [-0.05, 0) is 25.0 Å². The molecule has 2 aliphatic heterocycles. The fourth-order valence-electron chi connectivity index (χ4n) is 3.85. The number of aryl methyl sites for hydroxylation is 1. The Hall–Kier alpha value is -2.62. The minimum absolute atomic E-state index is 0.0255. The van der Waals surface area contributed by atoms with E-state index in [0.717, 1.165) is 16.7 Å². The average molecular weight is 321 g/mol. The van der Waals surface area contributed by atoms with Crippen LogP contribution in [0.2, 0.25) is 0 Å². The average Bonchev–Trinajstić information content (AvgIpc) is 2.99. The molecule has 0 radical (unpaired) electrons. The molecule has 0 bridgehead atoms. The number of carbonyl (C=O) groups is 2. The van der Waals surface area contributed by atoms with Crippen LogP contribution in [0.3, 0.4) is 0 Å². The Balaban J connectivity index is 2.04. The maximum Gasteiger partial charge on any atom is 0.331 e. The number of benzene rings is 2. The molecule has 24 heavy (non-hydrogen) atoms. The fraction of sp³-hybridized carbons (Fsp3) is 0.300. The molecular weight excluding hydrogens is 302 g/mol. The van der Waals surface area contributed by atoms with Gasteiger partial charge in [-0.1, -0.05) is 55.8 Å². The second-order valence-electron chi connectivity index (χ2n) is 6.84. The summed E-state index contributed by atoms with van der Waals surface area (Å²) in [6.07, 6.45) is 0. The molecule has 0 aromatic heterocycles. The number of amides is 1. The highest BCUT2D eigenvalue weighted by atomic mass is 16.6. The van der Waals surface area contributed by atoms with Crippen LogP contribution >= 0.6 is 0 Å². The van der Waals surface area contributed by atoms with Gasteiger partial charge >= 0.3 is 5.97 Å². The first-order valence-corrected chi connectivity index (χ1v) is 8.20. The number of nitrogens with zero attached hydrogens (tertiary/aromatic N) is 1. The molecule has 4 heteroatoms. The quantitative estimate of drug-likeness (QED) is 0.798. The number of ether oxygens (including phenoxy) is 1. The van der Waals surface area contributed by atoms with Crippen molar-refractivity contribution >= 4 is 11.9 Å². The van der Waals surface area contributed by atoms with Gasteiger partial charge in [0.2, 0.25) is 5.72 Å². The summed E-state index contributed by atoms with van der Waals surface area (Å²) in [5.41, 5.74) is 2.06. The van der Waals surface area contributed by atoms with Crippen molar-refractivity contribution in [2.24, 2.45) is 5.92 Å². The predicted octanol–water partition coefficient (Wildman–Crippen LogP) is 3.23. The highest BCUT2D eigenvalue weighted by Gasteiger charge is 2.63. The first-order chi connectivity index (χ1) is 11.5. The Kier molecular flexibility index (Phi) is 3.07. The number of carbonyl (C=O) groups excluding carboxylic acids is 2. The van der Waals surface area contributed by atoms with Gasteiger partial charge in [-0.25, -0.2) is 4.79 Å². The summed E-state index contributed by atoms with van der Waals surface area (Å²) in [5.74, 6) is -0.504. The smallest absolute Gasteiger partial charge is 0.331 e. The maximum atomic E-state index is 13.1. The van der Waals surface area contributed by atoms with Gasteiger partial charge in [0.1, 0.15) is 6.04 Å². The molecule has 2 atom stereocenters. The van der Waals surface area contributed by atoms with Crippen LogP contribution in [-0.2, 0) is 15.3 Å². The molecule has 2 aliphatic rings. The molecule has 4 rings (SSSR count). The predicted molar refractivity (Wildman–Crippen MR) is 89.3 cm³/mol. The number of hydrogen-bond donors (Lipinski definition) is 0. The van der Waals surface area contributed by atoms with E-state index < -0.39 is 11.8 Å². The molecular formula is C20H19NO3. The van der Waals surface area contributed by atoms with E-state index in [0.29, 0.717) is 5.56 Å². The molecule has 2 aromatic rings. The van der Waals surface area contributed by atoms with Gasteiger partial charge in [0.15, 0.2) is 0 Å². The van der Waals surface area contributed by atoms with Crippen LogP contribution < -0.4 is 0 Å². The molecule has 4 nitrogen and oxygen atoms in total. The summed E-state index contributed by atoms with van der Waals surface area (Å²) < 4.78 is 5.95. The molecule has 2 heterocycles. The highest BCUT2D eigenvalue weighted by Crippen LogP contribution is 2.51. The van der Waals surface area contributed by atoms with E-state index in [-0.39, 0.29) is 17.8 Å². The Labute approximate surface area is 141 Å². The van der Waals surface area contributed by atoms with Crippen molar-refractivity contribution in [1.29, 1.82) is 0 Å². The van der Waals surface area contributed by atoms with Crippen LogP contribution in [0.4, 0.5) is 0 Å². The van der Waals surface area contributed by atoms with Gasteiger partial charge in [0, 0.05) is 16.7 Å². The van der Waals surface area contributed by atoms with Crippen LogP contribution in [0.15, 0.2) is 48.5 Å². The zero-order valence-corrected chi connectivity index (χ0v) is 13.9. The summed E-state index contributed by atoms with van der Waals surface area (Å²) in [5, 5.41) is 0. The Morgan fingerprint density at radius 2 is 1.79 bits per heavy atom. The Morgan fingerprint density at radius 1 is 1.08 bits per heavy atom. The molecule has 0 saturated carbocycles. The monoisotopic (exact) mass is 321 g/mol. The third-order valence-corrected chi connectivity index (χ3v) is 4.89. The van der Waals surface area contributed by atoms with Crippen molar-refractivity contribution in [3.05, 3.63) is 70.8 Å². The van der Waals surface area contributed by atoms with E-state index in [1.54, 1.807) is 4.90 Å². The summed E-state index contributed by atoms with van der Waals surface area (Å²) in [4.78, 5) is 27.4. The van der Waals surface area contributed by atoms with Crippen molar-refractivity contribution in [3.63, 3.8) is 0 Å². The standard InChI is InChI=1S/C20H19NO3/c1-12(2)17-19(23)24-20(14-7-5-4-6-8-14)16-11-13(3)9-10-15(16)18(22)21(17)20/h4-12,17H,1-3H3/t17-,20+/m0/s1. The normalized spacial score (nSPS) is 25.0. The van der Waals surface area contributed by atoms with E-state index in [9.17, 15) is 9.59 Å². The Morgan fingerprint density at radius 3 is 2.46 bits per heavy atom. The minimum atomic E-state index is -1.15. The summed E-state index contributed by atoms with van der Waals surface area (Å²) >= 11 is 0. The lowest BCUT2D eigenvalue weighted by Gasteiger charge is -2.33.